The molecule has 0 aromatic heterocycles. The predicted octanol–water partition coefficient (Wildman–Crippen LogP) is 2.77. The molecule has 0 saturated heterocycles. The molecule has 0 aliphatic rings. The van der Waals surface area contributed by atoms with Crippen molar-refractivity contribution >= 4 is 28.6 Å². The molecule has 3 nitrogen and oxygen atoms in total. The molecule has 0 radical (unpaired) electrons. The molecule has 1 unspecified atom stereocenters. The van der Waals surface area contributed by atoms with Crippen molar-refractivity contribution in [2.75, 3.05) is 13.7 Å². The highest BCUT2D eigenvalue weighted by Gasteiger charge is 2.30. The van der Waals surface area contributed by atoms with Crippen molar-refractivity contribution in [3.63, 3.8) is 0 Å². The number of esters is 1. The highest BCUT2D eigenvalue weighted by Crippen LogP contribution is 2.29. The topological polar surface area (TPSA) is 38.3 Å². The maximum atomic E-state index is 12.5. The van der Waals surface area contributed by atoms with Crippen LogP contribution in [0.1, 0.15) is 11.1 Å². The van der Waals surface area contributed by atoms with Crippen LogP contribution in [0.3, 0.4) is 0 Å². The lowest BCUT2D eigenvalue weighted by molar-refractivity contribution is -0.139. The van der Waals surface area contributed by atoms with E-state index in [1.807, 2.05) is 22.6 Å². The number of halogens is 4. The molecular formula is C12H13F3INO2. The van der Waals surface area contributed by atoms with Crippen LogP contribution in [0.25, 0.3) is 0 Å². The number of carbonyl (C=O) groups is 1. The standard InChI is InChI=1S/C12H13F3INO2/c1-19-11(18)10(16)7-17-6-8-3-2-4-9(5-8)12(13,14)15/h2-5,10,17H,6-7H2,1H3. The van der Waals surface area contributed by atoms with Gasteiger partial charge in [-0.15, -0.1) is 0 Å². The monoisotopic (exact) mass is 387 g/mol. The van der Waals surface area contributed by atoms with Gasteiger partial charge in [-0.25, -0.2) is 0 Å². The maximum absolute atomic E-state index is 12.5. The van der Waals surface area contributed by atoms with Crippen LogP contribution < -0.4 is 5.32 Å². The Morgan fingerprint density at radius 2 is 2.16 bits per heavy atom. The number of alkyl halides is 4. The van der Waals surface area contributed by atoms with Crippen molar-refractivity contribution in [3.8, 4) is 0 Å². The minimum absolute atomic E-state index is 0.264. The molecule has 0 amide bonds. The van der Waals surface area contributed by atoms with E-state index in [1.54, 1.807) is 6.07 Å². The molecule has 1 aromatic rings. The Balaban J connectivity index is 2.53. The summed E-state index contributed by atoms with van der Waals surface area (Å²) in [6, 6.07) is 5.08. The lowest BCUT2D eigenvalue weighted by Crippen LogP contribution is -2.29. The minimum atomic E-state index is -4.34. The first-order valence-electron chi connectivity index (χ1n) is 5.43. The van der Waals surface area contributed by atoms with Gasteiger partial charge < -0.3 is 10.1 Å². The van der Waals surface area contributed by atoms with Crippen LogP contribution in [0.15, 0.2) is 24.3 Å². The van der Waals surface area contributed by atoms with E-state index >= 15 is 0 Å². The van der Waals surface area contributed by atoms with Gasteiger partial charge in [-0.3, -0.25) is 4.79 Å². The van der Waals surface area contributed by atoms with Crippen LogP contribution in [0.4, 0.5) is 13.2 Å². The Labute approximate surface area is 122 Å². The van der Waals surface area contributed by atoms with E-state index in [0.29, 0.717) is 12.1 Å². The van der Waals surface area contributed by atoms with Crippen LogP contribution >= 0.6 is 22.6 Å². The molecular weight excluding hydrogens is 374 g/mol. The summed E-state index contributed by atoms with van der Waals surface area (Å²) < 4.78 is 41.6. The van der Waals surface area contributed by atoms with Gasteiger partial charge in [-0.05, 0) is 11.6 Å². The van der Waals surface area contributed by atoms with Crippen LogP contribution in [0.5, 0.6) is 0 Å². The van der Waals surface area contributed by atoms with Crippen molar-refractivity contribution in [2.24, 2.45) is 0 Å². The molecule has 0 aliphatic heterocycles. The zero-order chi connectivity index (χ0) is 14.5. The summed E-state index contributed by atoms with van der Waals surface area (Å²) in [5.74, 6) is -0.364. The Hall–Kier alpha value is -0.830. The second-order valence-electron chi connectivity index (χ2n) is 3.82. The first-order chi connectivity index (χ1) is 8.84. The zero-order valence-electron chi connectivity index (χ0n) is 10.1. The number of hydrogen-bond acceptors (Lipinski definition) is 3. The van der Waals surface area contributed by atoms with Gasteiger partial charge in [0.2, 0.25) is 0 Å². The number of ether oxygens (including phenoxy) is 1. The van der Waals surface area contributed by atoms with Gasteiger partial charge in [0.15, 0.2) is 0 Å². The summed E-state index contributed by atoms with van der Waals surface area (Å²) in [6.45, 7) is 0.601. The number of methoxy groups -OCH3 is 1. The molecule has 7 heteroatoms. The molecule has 1 aromatic carbocycles. The first-order valence-corrected chi connectivity index (χ1v) is 6.68. The third-order valence-corrected chi connectivity index (χ3v) is 3.31. The lowest BCUT2D eigenvalue weighted by atomic mass is 10.1. The van der Waals surface area contributed by atoms with Crippen LogP contribution in [0, 0.1) is 0 Å². The molecule has 0 saturated carbocycles. The average molecular weight is 387 g/mol. The SMILES string of the molecule is COC(=O)C(I)CNCc1cccc(C(F)(F)F)c1. The van der Waals surface area contributed by atoms with E-state index in [2.05, 4.69) is 10.1 Å². The number of nitrogens with one attached hydrogen (secondary N) is 1. The first kappa shape index (κ1) is 16.2. The smallest absolute Gasteiger partial charge is 0.416 e. The average Bonchev–Trinajstić information content (AvgIpc) is 2.37. The Bertz CT molecular complexity index is 437. The Morgan fingerprint density at radius 3 is 2.74 bits per heavy atom. The summed E-state index contributed by atoms with van der Waals surface area (Å²) in [4.78, 5) is 11.1. The van der Waals surface area contributed by atoms with Crippen molar-refractivity contribution in [1.82, 2.24) is 5.32 Å². The van der Waals surface area contributed by atoms with Gasteiger partial charge in [0.1, 0.15) is 3.92 Å². The fourth-order valence-electron chi connectivity index (χ4n) is 1.41. The van der Waals surface area contributed by atoms with Crippen LogP contribution in [0.2, 0.25) is 0 Å². The molecule has 0 aliphatic carbocycles. The quantitative estimate of drug-likeness (QED) is 0.480. The van der Waals surface area contributed by atoms with Crippen molar-refractivity contribution in [2.45, 2.75) is 16.6 Å². The van der Waals surface area contributed by atoms with Gasteiger partial charge in [-0.2, -0.15) is 13.2 Å². The largest absolute Gasteiger partial charge is 0.468 e. The van der Waals surface area contributed by atoms with Crippen LogP contribution in [-0.2, 0) is 22.3 Å². The number of hydrogen-bond donors (Lipinski definition) is 1. The summed E-state index contributed by atoms with van der Waals surface area (Å²) in [6.07, 6.45) is -4.34. The van der Waals surface area contributed by atoms with E-state index in [1.165, 1.54) is 13.2 Å². The van der Waals surface area contributed by atoms with Crippen molar-refractivity contribution in [1.29, 1.82) is 0 Å². The lowest BCUT2D eigenvalue weighted by Gasteiger charge is -2.11. The molecule has 0 bridgehead atoms. The zero-order valence-corrected chi connectivity index (χ0v) is 12.3. The Morgan fingerprint density at radius 1 is 1.47 bits per heavy atom. The summed E-state index contributed by atoms with van der Waals surface area (Å²) in [5, 5.41) is 2.92. The third kappa shape index (κ3) is 5.35. The molecule has 0 heterocycles. The normalized spacial score (nSPS) is 13.1. The van der Waals surface area contributed by atoms with Crippen LogP contribution in [-0.4, -0.2) is 23.5 Å². The third-order valence-electron chi connectivity index (χ3n) is 2.36. The van der Waals surface area contributed by atoms with E-state index < -0.39 is 11.7 Å². The molecule has 0 spiro atoms. The number of rotatable bonds is 5. The maximum Gasteiger partial charge on any atom is 0.416 e. The predicted molar refractivity (Wildman–Crippen MR) is 73.0 cm³/mol. The van der Waals surface area contributed by atoms with Gasteiger partial charge in [0.25, 0.3) is 0 Å². The van der Waals surface area contributed by atoms with E-state index in [9.17, 15) is 18.0 Å². The molecule has 19 heavy (non-hydrogen) atoms. The van der Waals surface area contributed by atoms with Gasteiger partial charge in [0, 0.05) is 13.1 Å². The van der Waals surface area contributed by atoms with Gasteiger partial charge in [-0.1, -0.05) is 40.8 Å². The highest BCUT2D eigenvalue weighted by molar-refractivity contribution is 14.1. The second kappa shape index (κ2) is 7.09. The molecule has 1 N–H and O–H groups in total. The Kier molecular flexibility index (Phi) is 6.05. The highest BCUT2D eigenvalue weighted by atomic mass is 127. The van der Waals surface area contributed by atoms with E-state index in [-0.39, 0.29) is 16.4 Å². The van der Waals surface area contributed by atoms with E-state index in [0.717, 1.165) is 12.1 Å². The summed E-state index contributed by atoms with van der Waals surface area (Å²) >= 11 is 1.91. The fraction of sp³-hybridized carbons (Fsp3) is 0.417. The van der Waals surface area contributed by atoms with Gasteiger partial charge in [0.05, 0.1) is 12.7 Å². The number of benzene rings is 1. The molecule has 1 rings (SSSR count). The summed E-state index contributed by atoms with van der Waals surface area (Å²) in [7, 11) is 1.29. The van der Waals surface area contributed by atoms with Gasteiger partial charge >= 0.3 is 12.1 Å². The second-order valence-corrected chi connectivity index (χ2v) is 5.32. The molecule has 106 valence electrons. The molecule has 0 fully saturated rings. The van der Waals surface area contributed by atoms with E-state index in [4.69, 9.17) is 0 Å². The minimum Gasteiger partial charge on any atom is -0.468 e. The number of carbonyl (C=O) groups excluding carboxylic acids is 1. The summed E-state index contributed by atoms with van der Waals surface area (Å²) in [5.41, 5.74) is -0.158. The fourth-order valence-corrected chi connectivity index (χ4v) is 1.98. The van der Waals surface area contributed by atoms with Crippen molar-refractivity contribution < 1.29 is 22.7 Å². The molecule has 1 atom stereocenters. The van der Waals surface area contributed by atoms with Crippen molar-refractivity contribution in [3.05, 3.63) is 35.4 Å².